The van der Waals surface area contributed by atoms with Gasteiger partial charge in [0.05, 0.1) is 12.7 Å². The van der Waals surface area contributed by atoms with Crippen LogP contribution in [-0.4, -0.2) is 13.7 Å². The lowest BCUT2D eigenvalue weighted by Crippen LogP contribution is -2.05. The molecule has 0 fully saturated rings. The third-order valence-corrected chi connectivity index (χ3v) is 3.16. The third kappa shape index (κ3) is 3.74. The molecule has 0 aromatic heterocycles. The van der Waals surface area contributed by atoms with Crippen molar-refractivity contribution < 1.29 is 9.47 Å². The first-order valence-electron chi connectivity index (χ1n) is 6.76. The highest BCUT2D eigenvalue weighted by Gasteiger charge is 2.06. The zero-order valence-electron chi connectivity index (χ0n) is 12.0. The van der Waals surface area contributed by atoms with E-state index in [1.165, 1.54) is 0 Å². The summed E-state index contributed by atoms with van der Waals surface area (Å²) in [7, 11) is 1.55. The molecule has 0 aliphatic heterocycles. The third-order valence-electron chi connectivity index (χ3n) is 3.16. The molecule has 0 atom stereocenters. The maximum atomic E-state index is 9.09. The van der Waals surface area contributed by atoms with E-state index in [4.69, 9.17) is 20.5 Å². The van der Waals surface area contributed by atoms with Gasteiger partial charge in [0.25, 0.3) is 0 Å². The highest BCUT2D eigenvalue weighted by molar-refractivity contribution is 5.45. The van der Waals surface area contributed by atoms with Crippen molar-refractivity contribution in [1.29, 1.82) is 5.26 Å². The van der Waals surface area contributed by atoms with Gasteiger partial charge in [0.15, 0.2) is 0 Å². The minimum Gasteiger partial charge on any atom is -0.495 e. The summed E-state index contributed by atoms with van der Waals surface area (Å²) in [5.41, 5.74) is 8.13. The average Bonchev–Trinajstić information content (AvgIpc) is 2.54. The van der Waals surface area contributed by atoms with E-state index in [1.807, 2.05) is 30.3 Å². The van der Waals surface area contributed by atoms with Gasteiger partial charge in [0.2, 0.25) is 0 Å². The number of para-hydroxylation sites is 1. The average molecular weight is 282 g/mol. The second-order valence-electron chi connectivity index (χ2n) is 4.58. The molecule has 2 rings (SSSR count). The molecule has 0 aliphatic carbocycles. The Hall–Kier alpha value is -2.51. The maximum absolute atomic E-state index is 9.09. The molecular weight excluding hydrogens is 264 g/mol. The summed E-state index contributed by atoms with van der Waals surface area (Å²) in [5.74, 6) is 1.40. The normalized spacial score (nSPS) is 9.95. The van der Waals surface area contributed by atoms with Crippen LogP contribution in [0.2, 0.25) is 0 Å². The van der Waals surface area contributed by atoms with Crippen LogP contribution in [0.1, 0.15) is 16.7 Å². The Bertz CT molecular complexity index is 647. The van der Waals surface area contributed by atoms with Crippen molar-refractivity contribution in [3.63, 3.8) is 0 Å². The van der Waals surface area contributed by atoms with Gasteiger partial charge in [-0.25, -0.2) is 0 Å². The minimum absolute atomic E-state index is 0.403. The number of ether oxygens (including phenoxy) is 2. The zero-order chi connectivity index (χ0) is 15.1. The molecule has 4 nitrogen and oxygen atoms in total. The van der Waals surface area contributed by atoms with E-state index in [2.05, 4.69) is 6.07 Å². The lowest BCUT2D eigenvalue weighted by atomic mass is 10.1. The van der Waals surface area contributed by atoms with Crippen LogP contribution >= 0.6 is 0 Å². The number of nitriles is 1. The molecule has 0 saturated heterocycles. The summed E-state index contributed by atoms with van der Waals surface area (Å²) in [4.78, 5) is 0. The lowest BCUT2D eigenvalue weighted by molar-refractivity contribution is 0.302. The Kier molecular flexibility index (Phi) is 5.19. The van der Waals surface area contributed by atoms with Gasteiger partial charge in [-0.1, -0.05) is 24.3 Å². The smallest absolute Gasteiger partial charge is 0.136 e. The Morgan fingerprint density at radius 1 is 1.14 bits per heavy atom. The Morgan fingerprint density at radius 3 is 2.67 bits per heavy atom. The highest BCUT2D eigenvalue weighted by Crippen LogP contribution is 2.22. The van der Waals surface area contributed by atoms with Crippen LogP contribution in [0.15, 0.2) is 42.5 Å². The van der Waals surface area contributed by atoms with Gasteiger partial charge in [-0.05, 0) is 42.3 Å². The largest absolute Gasteiger partial charge is 0.495 e. The lowest BCUT2D eigenvalue weighted by Gasteiger charge is -2.11. The van der Waals surface area contributed by atoms with E-state index in [0.717, 1.165) is 23.3 Å². The zero-order valence-corrected chi connectivity index (χ0v) is 12.0. The molecule has 2 aromatic carbocycles. The first-order chi connectivity index (χ1) is 10.3. The molecule has 2 aromatic rings. The van der Waals surface area contributed by atoms with Crippen molar-refractivity contribution in [3.8, 4) is 17.6 Å². The Balaban J connectivity index is 2.12. The number of nitrogens with zero attached hydrogens (tertiary/aromatic N) is 1. The van der Waals surface area contributed by atoms with Crippen molar-refractivity contribution in [1.82, 2.24) is 0 Å². The van der Waals surface area contributed by atoms with Crippen LogP contribution in [0.3, 0.4) is 0 Å². The second kappa shape index (κ2) is 7.32. The fraction of sp³-hybridized carbons (Fsp3) is 0.235. The second-order valence-corrected chi connectivity index (χ2v) is 4.58. The number of hydrogen-bond acceptors (Lipinski definition) is 4. The first kappa shape index (κ1) is 14.9. The van der Waals surface area contributed by atoms with Crippen molar-refractivity contribution in [3.05, 3.63) is 59.2 Å². The molecule has 0 spiro atoms. The fourth-order valence-corrected chi connectivity index (χ4v) is 2.10. The maximum Gasteiger partial charge on any atom is 0.136 e. The Labute approximate surface area is 124 Å². The monoisotopic (exact) mass is 282 g/mol. The van der Waals surface area contributed by atoms with Crippen LogP contribution in [0.4, 0.5) is 0 Å². The van der Waals surface area contributed by atoms with Gasteiger partial charge in [-0.3, -0.25) is 0 Å². The van der Waals surface area contributed by atoms with E-state index in [9.17, 15) is 0 Å². The van der Waals surface area contributed by atoms with Crippen LogP contribution in [-0.2, 0) is 13.0 Å². The van der Waals surface area contributed by atoms with Gasteiger partial charge in [0.1, 0.15) is 24.2 Å². The molecule has 0 radical (unpaired) electrons. The van der Waals surface area contributed by atoms with E-state index < -0.39 is 0 Å². The number of methoxy groups -OCH3 is 1. The molecule has 0 aliphatic rings. The molecule has 21 heavy (non-hydrogen) atoms. The number of nitrogens with two attached hydrogens (primary N) is 1. The van der Waals surface area contributed by atoms with E-state index in [1.54, 1.807) is 19.2 Å². The quantitative estimate of drug-likeness (QED) is 0.884. The fourth-order valence-electron chi connectivity index (χ4n) is 2.10. The molecule has 0 heterocycles. The topological polar surface area (TPSA) is 68.3 Å². The van der Waals surface area contributed by atoms with Crippen LogP contribution in [0, 0.1) is 11.3 Å². The van der Waals surface area contributed by atoms with Crippen molar-refractivity contribution >= 4 is 0 Å². The summed E-state index contributed by atoms with van der Waals surface area (Å²) >= 11 is 0. The predicted octanol–water partition coefficient (Wildman–Crippen LogP) is 2.65. The molecule has 0 amide bonds. The van der Waals surface area contributed by atoms with Gasteiger partial charge in [-0.15, -0.1) is 0 Å². The van der Waals surface area contributed by atoms with Gasteiger partial charge < -0.3 is 15.2 Å². The van der Waals surface area contributed by atoms with Gasteiger partial charge in [-0.2, -0.15) is 5.26 Å². The summed E-state index contributed by atoms with van der Waals surface area (Å²) in [6, 6.07) is 15.4. The number of rotatable bonds is 6. The molecule has 0 unspecified atom stereocenters. The number of hydrogen-bond donors (Lipinski definition) is 1. The molecule has 0 saturated carbocycles. The molecule has 4 heteroatoms. The SMILES string of the molecule is COc1ccc(COc2ccccc2CCN)cc1C#N. The van der Waals surface area contributed by atoms with Crippen LogP contribution < -0.4 is 15.2 Å². The minimum atomic E-state index is 0.403. The first-order valence-corrected chi connectivity index (χ1v) is 6.76. The standard InChI is InChI=1S/C17H18N2O2/c1-20-16-7-6-13(10-15(16)11-19)12-21-17-5-3-2-4-14(17)8-9-18/h2-7,10H,8-9,12,18H2,1H3. The summed E-state index contributed by atoms with van der Waals surface area (Å²) in [6.45, 7) is 0.988. The Morgan fingerprint density at radius 2 is 1.95 bits per heavy atom. The van der Waals surface area contributed by atoms with Gasteiger partial charge in [0, 0.05) is 0 Å². The van der Waals surface area contributed by atoms with E-state index in [-0.39, 0.29) is 0 Å². The van der Waals surface area contributed by atoms with Crippen molar-refractivity contribution in [2.75, 3.05) is 13.7 Å². The molecule has 0 bridgehead atoms. The van der Waals surface area contributed by atoms with Crippen molar-refractivity contribution in [2.24, 2.45) is 5.73 Å². The summed E-state index contributed by atoms with van der Waals surface area (Å²) in [5, 5.41) is 9.09. The van der Waals surface area contributed by atoms with Crippen molar-refractivity contribution in [2.45, 2.75) is 13.0 Å². The van der Waals surface area contributed by atoms with Gasteiger partial charge >= 0.3 is 0 Å². The van der Waals surface area contributed by atoms with E-state index in [0.29, 0.717) is 24.5 Å². The van der Waals surface area contributed by atoms with Crippen LogP contribution in [0.5, 0.6) is 11.5 Å². The molecule has 108 valence electrons. The highest BCUT2D eigenvalue weighted by atomic mass is 16.5. The molecule has 2 N–H and O–H groups in total. The summed E-state index contributed by atoms with van der Waals surface area (Å²) < 4.78 is 11.0. The predicted molar refractivity (Wildman–Crippen MR) is 81.2 cm³/mol. The van der Waals surface area contributed by atoms with Crippen LogP contribution in [0.25, 0.3) is 0 Å². The molecular formula is C17H18N2O2. The van der Waals surface area contributed by atoms with E-state index >= 15 is 0 Å². The number of benzene rings is 2. The summed E-state index contributed by atoms with van der Waals surface area (Å²) in [6.07, 6.45) is 0.780.